The summed E-state index contributed by atoms with van der Waals surface area (Å²) in [6.07, 6.45) is 0.957. The molecule has 0 radical (unpaired) electrons. The Kier molecular flexibility index (Phi) is 4.70. The number of rotatable bonds is 5. The van der Waals surface area contributed by atoms with Crippen LogP contribution in [0.4, 0.5) is 0 Å². The molecule has 2 N–H and O–H groups in total. The van der Waals surface area contributed by atoms with Crippen molar-refractivity contribution in [2.75, 3.05) is 0 Å². The fourth-order valence-corrected chi connectivity index (χ4v) is 0.772. The highest BCUT2D eigenvalue weighted by Crippen LogP contribution is 2.00. The number of aliphatic hydroxyl groups excluding tert-OH is 1. The highest BCUT2D eigenvalue weighted by atomic mass is 16.3. The van der Waals surface area contributed by atoms with Crippen LogP contribution in [0.1, 0.15) is 33.1 Å². The molecule has 1 atom stereocenters. The van der Waals surface area contributed by atoms with Crippen LogP contribution in [-0.2, 0) is 4.79 Å². The van der Waals surface area contributed by atoms with Crippen molar-refractivity contribution in [2.24, 2.45) is 0 Å². The summed E-state index contributed by atoms with van der Waals surface area (Å²) >= 11 is 0. The molecule has 3 heteroatoms. The number of carbonyl (C=O) groups excluding carboxylic acids is 1. The summed E-state index contributed by atoms with van der Waals surface area (Å²) in [5.74, 6) is 0.0144. The lowest BCUT2D eigenvalue weighted by Gasteiger charge is -2.03. The van der Waals surface area contributed by atoms with E-state index in [-0.39, 0.29) is 18.3 Å². The summed E-state index contributed by atoms with van der Waals surface area (Å²) in [5.41, 5.74) is 0.415. The first kappa shape index (κ1) is 10.3. The van der Waals surface area contributed by atoms with Gasteiger partial charge in [-0.3, -0.25) is 4.79 Å². The number of carbonyl (C=O) groups is 1. The highest BCUT2D eigenvalue weighted by Gasteiger charge is 2.02. The molecule has 0 bridgehead atoms. The molecule has 0 aliphatic heterocycles. The van der Waals surface area contributed by atoms with Crippen LogP contribution in [0, 0.1) is 5.41 Å². The van der Waals surface area contributed by atoms with Crippen LogP contribution in [0.3, 0.4) is 0 Å². The van der Waals surface area contributed by atoms with Crippen molar-refractivity contribution >= 4 is 11.5 Å². The molecule has 3 nitrogen and oxygen atoms in total. The SMILES string of the molecule is CC(=O)CC(=N)CCC(C)O. The van der Waals surface area contributed by atoms with Gasteiger partial charge in [0.25, 0.3) is 0 Å². The predicted octanol–water partition coefficient (Wildman–Crippen LogP) is 1.15. The molecule has 0 aliphatic carbocycles. The molecule has 0 saturated heterocycles. The molecule has 0 aromatic carbocycles. The Balaban J connectivity index is 3.46. The average molecular weight is 157 g/mol. The molecule has 0 heterocycles. The van der Waals surface area contributed by atoms with E-state index in [1.165, 1.54) is 6.92 Å². The van der Waals surface area contributed by atoms with E-state index in [0.717, 1.165) is 0 Å². The van der Waals surface area contributed by atoms with Gasteiger partial charge in [0.05, 0.1) is 6.10 Å². The lowest BCUT2D eigenvalue weighted by molar-refractivity contribution is -0.115. The first-order chi connectivity index (χ1) is 5.02. The number of ketones is 1. The van der Waals surface area contributed by atoms with Gasteiger partial charge < -0.3 is 10.5 Å². The lowest BCUT2D eigenvalue weighted by Crippen LogP contribution is -2.07. The molecule has 0 aromatic rings. The maximum atomic E-state index is 10.5. The van der Waals surface area contributed by atoms with Crippen molar-refractivity contribution in [3.8, 4) is 0 Å². The van der Waals surface area contributed by atoms with E-state index < -0.39 is 0 Å². The summed E-state index contributed by atoms with van der Waals surface area (Å²) in [6, 6.07) is 0. The summed E-state index contributed by atoms with van der Waals surface area (Å²) in [6.45, 7) is 3.15. The second-order valence-corrected chi connectivity index (χ2v) is 2.87. The zero-order valence-electron chi connectivity index (χ0n) is 7.05. The zero-order chi connectivity index (χ0) is 8.85. The minimum atomic E-state index is -0.373. The van der Waals surface area contributed by atoms with Gasteiger partial charge in [-0.15, -0.1) is 0 Å². The lowest BCUT2D eigenvalue weighted by atomic mass is 10.1. The van der Waals surface area contributed by atoms with Gasteiger partial charge in [0.15, 0.2) is 0 Å². The third-order valence-electron chi connectivity index (χ3n) is 1.33. The number of hydrogen-bond acceptors (Lipinski definition) is 3. The molecular formula is C8H15NO2. The molecule has 0 rings (SSSR count). The fourth-order valence-electron chi connectivity index (χ4n) is 0.772. The molecule has 0 fully saturated rings. The standard InChI is InChI=1S/C8H15NO2/c1-6(10)3-4-8(9)5-7(2)11/h6,9-10H,3-5H2,1-2H3. The van der Waals surface area contributed by atoms with Crippen molar-refractivity contribution in [3.63, 3.8) is 0 Å². The summed E-state index contributed by atoms with van der Waals surface area (Å²) in [4.78, 5) is 10.5. The van der Waals surface area contributed by atoms with Gasteiger partial charge in [0, 0.05) is 12.1 Å². The van der Waals surface area contributed by atoms with E-state index in [9.17, 15) is 4.79 Å². The van der Waals surface area contributed by atoms with Crippen LogP contribution >= 0.6 is 0 Å². The van der Waals surface area contributed by atoms with Crippen LogP contribution in [0.2, 0.25) is 0 Å². The second kappa shape index (κ2) is 5.02. The topological polar surface area (TPSA) is 61.2 Å². The molecule has 11 heavy (non-hydrogen) atoms. The van der Waals surface area contributed by atoms with E-state index in [1.807, 2.05) is 0 Å². The number of nitrogens with one attached hydrogen (secondary N) is 1. The van der Waals surface area contributed by atoms with Crippen LogP contribution in [0.5, 0.6) is 0 Å². The van der Waals surface area contributed by atoms with Gasteiger partial charge in [-0.1, -0.05) is 0 Å². The number of Topliss-reactive ketones (excluding diaryl/α,β-unsaturated/α-hetero) is 1. The van der Waals surface area contributed by atoms with Crippen LogP contribution in [0.15, 0.2) is 0 Å². The van der Waals surface area contributed by atoms with Crippen molar-refractivity contribution in [1.82, 2.24) is 0 Å². The van der Waals surface area contributed by atoms with Gasteiger partial charge in [0.2, 0.25) is 0 Å². The normalized spacial score (nSPS) is 12.6. The Bertz CT molecular complexity index is 152. The van der Waals surface area contributed by atoms with Crippen molar-refractivity contribution < 1.29 is 9.90 Å². The average Bonchev–Trinajstić information content (AvgIpc) is 1.82. The summed E-state index contributed by atoms with van der Waals surface area (Å²) in [5, 5.41) is 16.1. The molecule has 64 valence electrons. The maximum Gasteiger partial charge on any atom is 0.135 e. The molecule has 0 saturated carbocycles. The van der Waals surface area contributed by atoms with Crippen molar-refractivity contribution in [1.29, 1.82) is 5.41 Å². The van der Waals surface area contributed by atoms with Gasteiger partial charge in [0.1, 0.15) is 5.78 Å². The number of aliphatic hydroxyl groups is 1. The minimum absolute atomic E-state index is 0.0144. The maximum absolute atomic E-state index is 10.5. The van der Waals surface area contributed by atoms with E-state index in [1.54, 1.807) is 6.92 Å². The fraction of sp³-hybridized carbons (Fsp3) is 0.750. The largest absolute Gasteiger partial charge is 0.393 e. The molecule has 0 aliphatic rings. The van der Waals surface area contributed by atoms with Crippen LogP contribution < -0.4 is 0 Å². The highest BCUT2D eigenvalue weighted by molar-refractivity contribution is 5.99. The Morgan fingerprint density at radius 1 is 1.64 bits per heavy atom. The number of hydrogen-bond donors (Lipinski definition) is 2. The Morgan fingerprint density at radius 2 is 2.18 bits per heavy atom. The summed E-state index contributed by atoms with van der Waals surface area (Å²) < 4.78 is 0. The molecule has 0 aromatic heterocycles. The third-order valence-corrected chi connectivity index (χ3v) is 1.33. The monoisotopic (exact) mass is 157 g/mol. The first-order valence-corrected chi connectivity index (χ1v) is 3.76. The zero-order valence-corrected chi connectivity index (χ0v) is 7.05. The smallest absolute Gasteiger partial charge is 0.135 e. The van der Waals surface area contributed by atoms with Gasteiger partial charge in [-0.2, -0.15) is 0 Å². The molecule has 0 spiro atoms. The molecule has 1 unspecified atom stereocenters. The minimum Gasteiger partial charge on any atom is -0.393 e. The quantitative estimate of drug-likeness (QED) is 0.588. The van der Waals surface area contributed by atoms with Gasteiger partial charge in [-0.25, -0.2) is 0 Å². The molecular weight excluding hydrogens is 142 g/mol. The third kappa shape index (κ3) is 7.19. The van der Waals surface area contributed by atoms with E-state index in [4.69, 9.17) is 10.5 Å². The summed E-state index contributed by atoms with van der Waals surface area (Å²) in [7, 11) is 0. The second-order valence-electron chi connectivity index (χ2n) is 2.87. The Hall–Kier alpha value is -0.700. The van der Waals surface area contributed by atoms with Crippen LogP contribution in [-0.4, -0.2) is 22.7 Å². The molecule has 0 amide bonds. The Morgan fingerprint density at radius 3 is 2.55 bits per heavy atom. The van der Waals surface area contributed by atoms with E-state index >= 15 is 0 Å². The van der Waals surface area contributed by atoms with Gasteiger partial charge >= 0.3 is 0 Å². The van der Waals surface area contributed by atoms with Crippen molar-refractivity contribution in [3.05, 3.63) is 0 Å². The van der Waals surface area contributed by atoms with E-state index in [0.29, 0.717) is 18.6 Å². The predicted molar refractivity (Wildman–Crippen MR) is 43.9 cm³/mol. The van der Waals surface area contributed by atoms with Gasteiger partial charge in [-0.05, 0) is 26.7 Å². The Labute approximate surface area is 66.9 Å². The van der Waals surface area contributed by atoms with E-state index in [2.05, 4.69) is 0 Å². The van der Waals surface area contributed by atoms with Crippen LogP contribution in [0.25, 0.3) is 0 Å². The first-order valence-electron chi connectivity index (χ1n) is 3.76. The van der Waals surface area contributed by atoms with Crippen molar-refractivity contribution in [2.45, 2.75) is 39.2 Å².